The molecule has 186 valence electrons. The van der Waals surface area contributed by atoms with Crippen LogP contribution in [0.4, 0.5) is 0 Å². The molecule has 0 saturated carbocycles. The number of carbonyl (C=O) groups excluding carboxylic acids is 2. The summed E-state index contributed by atoms with van der Waals surface area (Å²) >= 11 is 7.70. The van der Waals surface area contributed by atoms with E-state index >= 15 is 0 Å². The summed E-state index contributed by atoms with van der Waals surface area (Å²) in [5.74, 6) is -0.427. The van der Waals surface area contributed by atoms with Gasteiger partial charge in [-0.3, -0.25) is 14.2 Å². The molecule has 0 saturated heterocycles. The molecule has 1 aliphatic rings. The molecule has 0 radical (unpaired) electrons. The van der Waals surface area contributed by atoms with Gasteiger partial charge < -0.3 is 14.2 Å². The van der Waals surface area contributed by atoms with Gasteiger partial charge in [-0.15, -0.1) is 0 Å². The minimum Gasteiger partial charge on any atom is -0.493 e. The van der Waals surface area contributed by atoms with Crippen LogP contribution >= 0.6 is 22.9 Å². The number of carbonyl (C=O) groups is 2. The monoisotopic (exact) mass is 526 g/mol. The van der Waals surface area contributed by atoms with Crippen LogP contribution in [-0.2, 0) is 14.3 Å². The SMILES string of the molecule is CCOC(=O)C1=C(C)N=c2s/c(=C/c3ccc(OC)c(OC(C)=O)c3)c(=O)n2C1c1ccccc1Cl. The third-order valence-electron chi connectivity index (χ3n) is 5.46. The van der Waals surface area contributed by atoms with Crippen LogP contribution in [-0.4, -0.2) is 30.2 Å². The highest BCUT2D eigenvalue weighted by molar-refractivity contribution is 7.07. The molecule has 0 amide bonds. The van der Waals surface area contributed by atoms with Crippen molar-refractivity contribution >= 4 is 41.0 Å². The molecule has 1 unspecified atom stereocenters. The number of methoxy groups -OCH3 is 1. The van der Waals surface area contributed by atoms with Gasteiger partial charge in [0.2, 0.25) is 0 Å². The van der Waals surface area contributed by atoms with Crippen LogP contribution in [0.3, 0.4) is 0 Å². The first-order chi connectivity index (χ1) is 17.2. The molecule has 0 aliphatic carbocycles. The van der Waals surface area contributed by atoms with Crippen molar-refractivity contribution in [2.24, 2.45) is 4.99 Å². The van der Waals surface area contributed by atoms with Crippen LogP contribution in [0.2, 0.25) is 5.02 Å². The molecule has 0 fully saturated rings. The number of allylic oxidation sites excluding steroid dienone is 1. The van der Waals surface area contributed by atoms with Crippen molar-refractivity contribution in [2.45, 2.75) is 26.8 Å². The summed E-state index contributed by atoms with van der Waals surface area (Å²) in [4.78, 5) is 43.1. The quantitative estimate of drug-likeness (QED) is 0.361. The molecule has 4 rings (SSSR count). The van der Waals surface area contributed by atoms with E-state index < -0.39 is 18.0 Å². The van der Waals surface area contributed by atoms with Gasteiger partial charge >= 0.3 is 11.9 Å². The van der Waals surface area contributed by atoms with Gasteiger partial charge in [0, 0.05) is 11.9 Å². The Balaban J connectivity index is 1.93. The zero-order valence-corrected chi connectivity index (χ0v) is 21.6. The maximum Gasteiger partial charge on any atom is 0.338 e. The first-order valence-corrected chi connectivity index (χ1v) is 12.2. The molecule has 36 heavy (non-hydrogen) atoms. The van der Waals surface area contributed by atoms with E-state index in [1.165, 1.54) is 29.9 Å². The van der Waals surface area contributed by atoms with E-state index in [1.54, 1.807) is 62.4 Å². The highest BCUT2D eigenvalue weighted by Gasteiger charge is 2.34. The number of fused-ring (bicyclic) bond motifs is 1. The lowest BCUT2D eigenvalue weighted by molar-refractivity contribution is -0.139. The Hall–Kier alpha value is -3.69. The Kier molecular flexibility index (Phi) is 7.42. The summed E-state index contributed by atoms with van der Waals surface area (Å²) in [6.07, 6.45) is 1.67. The van der Waals surface area contributed by atoms with E-state index in [9.17, 15) is 14.4 Å². The van der Waals surface area contributed by atoms with E-state index in [0.29, 0.717) is 36.9 Å². The highest BCUT2D eigenvalue weighted by Crippen LogP contribution is 2.34. The van der Waals surface area contributed by atoms with E-state index in [2.05, 4.69) is 4.99 Å². The van der Waals surface area contributed by atoms with Gasteiger partial charge in [0.25, 0.3) is 5.56 Å². The second-order valence-electron chi connectivity index (χ2n) is 7.83. The summed E-state index contributed by atoms with van der Waals surface area (Å²) < 4.78 is 17.6. The molecule has 8 nitrogen and oxygen atoms in total. The summed E-state index contributed by atoms with van der Waals surface area (Å²) in [7, 11) is 1.47. The standard InChI is InChI=1S/C26H23ClN2O6S/c1-5-34-25(32)22-14(2)28-26-29(23(22)17-8-6-7-9-18(17)27)24(31)21(36-26)13-16-10-11-19(33-4)20(12-16)35-15(3)30/h6-13,23H,5H2,1-4H3/b21-13+. The second kappa shape index (κ2) is 10.5. The van der Waals surface area contributed by atoms with Gasteiger partial charge in [-0.2, -0.15) is 0 Å². The number of hydrogen-bond acceptors (Lipinski definition) is 8. The molecule has 1 atom stereocenters. The number of nitrogens with zero attached hydrogens (tertiary/aromatic N) is 2. The van der Waals surface area contributed by atoms with Gasteiger partial charge in [0.15, 0.2) is 16.3 Å². The lowest BCUT2D eigenvalue weighted by Gasteiger charge is -2.25. The topological polar surface area (TPSA) is 96.2 Å². The third-order valence-corrected chi connectivity index (χ3v) is 6.78. The van der Waals surface area contributed by atoms with Gasteiger partial charge in [0.05, 0.1) is 29.5 Å². The average molecular weight is 527 g/mol. The van der Waals surface area contributed by atoms with E-state index in [-0.39, 0.29) is 23.5 Å². The van der Waals surface area contributed by atoms with E-state index in [1.807, 2.05) is 0 Å². The average Bonchev–Trinajstić information content (AvgIpc) is 3.13. The Morgan fingerprint density at radius 1 is 1.19 bits per heavy atom. The highest BCUT2D eigenvalue weighted by atomic mass is 35.5. The fourth-order valence-corrected chi connectivity index (χ4v) is 5.24. The van der Waals surface area contributed by atoms with Crippen molar-refractivity contribution in [3.8, 4) is 11.5 Å². The van der Waals surface area contributed by atoms with Crippen LogP contribution < -0.4 is 24.4 Å². The van der Waals surface area contributed by atoms with Gasteiger partial charge in [-0.25, -0.2) is 9.79 Å². The number of ether oxygens (including phenoxy) is 3. The van der Waals surface area contributed by atoms with E-state index in [0.717, 1.165) is 0 Å². The molecule has 1 aliphatic heterocycles. The summed E-state index contributed by atoms with van der Waals surface area (Å²) in [6, 6.07) is 11.3. The maximum absolute atomic E-state index is 13.7. The smallest absolute Gasteiger partial charge is 0.338 e. The molecule has 2 heterocycles. The summed E-state index contributed by atoms with van der Waals surface area (Å²) in [5.41, 5.74) is 1.57. The molecule has 10 heteroatoms. The fourth-order valence-electron chi connectivity index (χ4n) is 3.95. The van der Waals surface area contributed by atoms with Gasteiger partial charge in [0.1, 0.15) is 6.04 Å². The number of hydrogen-bond donors (Lipinski definition) is 0. The zero-order chi connectivity index (χ0) is 26.0. The van der Waals surface area contributed by atoms with Crippen LogP contribution in [0.15, 0.2) is 63.5 Å². The predicted octanol–water partition coefficient (Wildman–Crippen LogP) is 3.39. The molecule has 0 N–H and O–H groups in total. The van der Waals surface area contributed by atoms with Crippen molar-refractivity contribution in [3.63, 3.8) is 0 Å². The van der Waals surface area contributed by atoms with Crippen LogP contribution in [0.5, 0.6) is 11.5 Å². The first kappa shape index (κ1) is 25.4. The molecule has 1 aromatic heterocycles. The number of aromatic nitrogens is 1. The Morgan fingerprint density at radius 3 is 2.61 bits per heavy atom. The van der Waals surface area contributed by atoms with Crippen LogP contribution in [0.25, 0.3) is 6.08 Å². The van der Waals surface area contributed by atoms with Crippen molar-refractivity contribution in [3.05, 3.63) is 89.6 Å². The fraction of sp³-hybridized carbons (Fsp3) is 0.231. The Labute approximate surface area is 215 Å². The van der Waals surface area contributed by atoms with Crippen LogP contribution in [0, 0.1) is 0 Å². The largest absolute Gasteiger partial charge is 0.493 e. The molecule has 0 bridgehead atoms. The minimum atomic E-state index is -0.802. The number of rotatable bonds is 6. The van der Waals surface area contributed by atoms with Crippen molar-refractivity contribution < 1.29 is 23.8 Å². The predicted molar refractivity (Wildman–Crippen MR) is 136 cm³/mol. The summed E-state index contributed by atoms with van der Waals surface area (Å²) in [6.45, 7) is 4.90. The van der Waals surface area contributed by atoms with Crippen molar-refractivity contribution in [2.75, 3.05) is 13.7 Å². The number of benzene rings is 2. The minimum absolute atomic E-state index is 0.178. The zero-order valence-electron chi connectivity index (χ0n) is 20.0. The lowest BCUT2D eigenvalue weighted by Crippen LogP contribution is -2.40. The lowest BCUT2D eigenvalue weighted by atomic mass is 9.96. The molecule has 3 aromatic rings. The maximum atomic E-state index is 13.7. The third kappa shape index (κ3) is 4.84. The van der Waals surface area contributed by atoms with Crippen molar-refractivity contribution in [1.29, 1.82) is 0 Å². The van der Waals surface area contributed by atoms with Crippen LogP contribution in [0.1, 0.15) is 37.9 Å². The molecule has 2 aromatic carbocycles. The normalized spacial score (nSPS) is 15.2. The number of thiazole rings is 1. The Bertz CT molecular complexity index is 1570. The van der Waals surface area contributed by atoms with Crippen molar-refractivity contribution in [1.82, 2.24) is 4.57 Å². The molecule has 0 spiro atoms. The summed E-state index contributed by atoms with van der Waals surface area (Å²) in [5, 5.41) is 0.412. The van der Waals surface area contributed by atoms with E-state index in [4.69, 9.17) is 25.8 Å². The van der Waals surface area contributed by atoms with Gasteiger partial charge in [-0.05, 0) is 49.2 Å². The number of halogens is 1. The number of esters is 2. The molecular formula is C26H23ClN2O6S. The molecular weight excluding hydrogens is 504 g/mol. The second-order valence-corrected chi connectivity index (χ2v) is 9.24. The van der Waals surface area contributed by atoms with Gasteiger partial charge in [-0.1, -0.05) is 47.2 Å². The Morgan fingerprint density at radius 2 is 1.94 bits per heavy atom. The first-order valence-electron chi connectivity index (χ1n) is 11.1.